The molecule has 14 nitrogen and oxygen atoms in total. The first-order valence-corrected chi connectivity index (χ1v) is 19.5. The number of fused-ring (bicyclic) bond motifs is 4. The van der Waals surface area contributed by atoms with Gasteiger partial charge in [-0.25, -0.2) is 0 Å². The van der Waals surface area contributed by atoms with Gasteiger partial charge in [-0.2, -0.15) is 0 Å². The minimum atomic E-state index is -0.558. The van der Waals surface area contributed by atoms with E-state index in [-0.39, 0.29) is 67.8 Å². The first kappa shape index (κ1) is 45.2. The van der Waals surface area contributed by atoms with Crippen molar-refractivity contribution in [1.29, 1.82) is 0 Å². The fourth-order valence-corrected chi connectivity index (χ4v) is 10.5. The van der Waals surface area contributed by atoms with Crippen molar-refractivity contribution in [2.45, 2.75) is 96.5 Å². The average molecular weight is 805 g/mol. The topological polar surface area (TPSA) is 131 Å². The summed E-state index contributed by atoms with van der Waals surface area (Å²) in [4.78, 5) is 64.7. The van der Waals surface area contributed by atoms with Crippen LogP contribution < -0.4 is 0 Å². The summed E-state index contributed by atoms with van der Waals surface area (Å²) in [5, 5.41) is 9.77. The Hall–Kier alpha value is -1.19. The standard InChI is InChI=1S/C8H15N2O2P.C8H13N2O2P.C8H15N2OP.C8H13N2OP.2CH4/c2*1-8-5-9(13)2-3-10(8)7(12)4-6(8)11;2*1-8-3-2-7(11)10(8)5-4-9(12)6-8;;/h6,11H,2-5,13H2,1H3;2-5,13H2,1H3;2-6,12H2,1H3;2-3H,4-6,12H2,1H3;2*1H4. The predicted octanol–water partition coefficient (Wildman–Crippen LogP) is 1.09. The van der Waals surface area contributed by atoms with Crippen LogP contribution in [0.1, 0.15) is 68.2 Å². The zero-order valence-corrected chi connectivity index (χ0v) is 34.5. The molecule has 8 heterocycles. The molecule has 0 aromatic heterocycles. The zero-order valence-electron chi connectivity index (χ0n) is 29.9. The van der Waals surface area contributed by atoms with Crippen molar-refractivity contribution in [2.24, 2.45) is 0 Å². The van der Waals surface area contributed by atoms with Crippen LogP contribution in [-0.4, -0.2) is 180 Å². The first-order valence-electron chi connectivity index (χ1n) is 17.4. The predicted molar refractivity (Wildman–Crippen MR) is 218 cm³/mol. The minimum Gasteiger partial charge on any atom is -0.390 e. The number of hydrogen-bond acceptors (Lipinski definition) is 10. The number of amides is 4. The van der Waals surface area contributed by atoms with Crippen LogP contribution in [0.5, 0.6) is 0 Å². The summed E-state index contributed by atoms with van der Waals surface area (Å²) >= 11 is 0. The minimum absolute atomic E-state index is 0. The lowest BCUT2D eigenvalue weighted by atomic mass is 9.94. The molecule has 18 heteroatoms. The van der Waals surface area contributed by atoms with Gasteiger partial charge < -0.3 is 24.7 Å². The van der Waals surface area contributed by atoms with Crippen molar-refractivity contribution in [2.75, 3.05) is 78.5 Å². The van der Waals surface area contributed by atoms with Gasteiger partial charge in [0.25, 0.3) is 0 Å². The Kier molecular flexibility index (Phi) is 15.0. The third-order valence-corrected chi connectivity index (χ3v) is 13.4. The normalized spacial score (nSPS) is 35.9. The highest BCUT2D eigenvalue weighted by Gasteiger charge is 2.52. The molecule has 0 spiro atoms. The molecule has 0 aromatic carbocycles. The van der Waals surface area contributed by atoms with Gasteiger partial charge in [-0.1, -0.05) is 58.5 Å². The van der Waals surface area contributed by atoms with E-state index >= 15 is 0 Å². The highest BCUT2D eigenvalue weighted by atomic mass is 31.0. The summed E-state index contributed by atoms with van der Waals surface area (Å²) < 4.78 is 8.51. The molecule has 0 saturated carbocycles. The number of aliphatic hydroxyl groups excluding tert-OH is 1. The first-order chi connectivity index (χ1) is 23.3. The highest BCUT2D eigenvalue weighted by Crippen LogP contribution is 2.36. The number of Topliss-reactive ketones (excluding diaryl/α,β-unsaturated/α-hetero) is 1. The Morgan fingerprint density at radius 1 is 0.635 bits per heavy atom. The molecule has 9 unspecified atom stereocenters. The van der Waals surface area contributed by atoms with Gasteiger partial charge in [0.15, 0.2) is 5.78 Å². The third-order valence-electron chi connectivity index (χ3n) is 11.7. The SMILES string of the molecule is C.C.CC12C=CC(=O)N1CCN(P)C2.CC12CCC(=O)N1CCN(P)C2.CC12CN(P)CCN1C(=O)CC2=O.CC12CN(P)CCN1C(=O)CC2O. The second-order valence-electron chi connectivity index (χ2n) is 15.6. The van der Waals surface area contributed by atoms with E-state index in [0.717, 1.165) is 78.3 Å². The van der Waals surface area contributed by atoms with Crippen molar-refractivity contribution < 1.29 is 29.1 Å². The molecule has 0 radical (unpaired) electrons. The van der Waals surface area contributed by atoms with Gasteiger partial charge in [-0.3, -0.25) is 42.7 Å². The quantitative estimate of drug-likeness (QED) is 0.281. The lowest BCUT2D eigenvalue weighted by molar-refractivity contribution is -0.134. The fraction of sp³-hybridized carbons (Fsp3) is 0.794. The maximum absolute atomic E-state index is 11.6. The Labute approximate surface area is 320 Å². The van der Waals surface area contributed by atoms with Gasteiger partial charge in [0.05, 0.1) is 35.6 Å². The Bertz CT molecular complexity index is 1410. The third kappa shape index (κ3) is 9.09. The molecule has 7 fully saturated rings. The number of piperazine rings is 4. The number of carbonyl (C=O) groups excluding carboxylic acids is 5. The maximum Gasteiger partial charge on any atom is 0.247 e. The number of nitrogens with zero attached hydrogens (tertiary/aromatic N) is 8. The van der Waals surface area contributed by atoms with E-state index < -0.39 is 11.6 Å². The number of hydrogen-bond donors (Lipinski definition) is 1. The molecule has 0 bridgehead atoms. The fourth-order valence-electron chi connectivity index (χ4n) is 8.50. The van der Waals surface area contributed by atoms with Gasteiger partial charge in [-0.05, 0) is 34.1 Å². The van der Waals surface area contributed by atoms with Crippen LogP contribution in [0.2, 0.25) is 0 Å². The van der Waals surface area contributed by atoms with Crippen molar-refractivity contribution >= 4 is 67.0 Å². The summed E-state index contributed by atoms with van der Waals surface area (Å²) in [6.45, 7) is 18.2. The van der Waals surface area contributed by atoms with E-state index in [1.54, 1.807) is 11.0 Å². The van der Waals surface area contributed by atoms with E-state index in [9.17, 15) is 29.1 Å². The molecule has 0 aliphatic carbocycles. The van der Waals surface area contributed by atoms with E-state index in [0.29, 0.717) is 19.0 Å². The molecule has 1 N–H and O–H groups in total. The van der Waals surface area contributed by atoms with Crippen molar-refractivity contribution in [3.8, 4) is 0 Å². The second-order valence-corrected chi connectivity index (χ2v) is 18.6. The van der Waals surface area contributed by atoms with Crippen LogP contribution in [0.15, 0.2) is 12.2 Å². The molecule has 4 amide bonds. The molecule has 0 aromatic rings. The van der Waals surface area contributed by atoms with Gasteiger partial charge in [0.1, 0.15) is 5.54 Å². The summed E-state index contributed by atoms with van der Waals surface area (Å²) in [6, 6.07) is 0. The maximum atomic E-state index is 11.6. The zero-order chi connectivity index (χ0) is 36.8. The second kappa shape index (κ2) is 17.3. The molecule has 9 atom stereocenters. The van der Waals surface area contributed by atoms with Crippen molar-refractivity contribution in [3.63, 3.8) is 0 Å². The van der Waals surface area contributed by atoms with E-state index in [4.69, 9.17) is 0 Å². The van der Waals surface area contributed by atoms with Gasteiger partial charge in [0, 0.05) is 91.0 Å². The molecule has 8 rings (SSSR count). The smallest absolute Gasteiger partial charge is 0.247 e. The largest absolute Gasteiger partial charge is 0.390 e. The van der Waals surface area contributed by atoms with E-state index in [2.05, 4.69) is 65.4 Å². The number of rotatable bonds is 0. The van der Waals surface area contributed by atoms with Crippen LogP contribution in [0.4, 0.5) is 0 Å². The van der Waals surface area contributed by atoms with Crippen LogP contribution in [0.25, 0.3) is 0 Å². The number of carbonyl (C=O) groups is 5. The van der Waals surface area contributed by atoms with Crippen LogP contribution in [0, 0.1) is 0 Å². The molecule has 296 valence electrons. The number of ketones is 1. The van der Waals surface area contributed by atoms with Gasteiger partial charge >= 0.3 is 0 Å². The van der Waals surface area contributed by atoms with Crippen molar-refractivity contribution in [3.05, 3.63) is 12.2 Å². The molecule has 8 aliphatic rings. The van der Waals surface area contributed by atoms with E-state index in [1.165, 1.54) is 0 Å². The Morgan fingerprint density at radius 3 is 1.79 bits per heavy atom. The molecular weight excluding hydrogens is 740 g/mol. The number of aliphatic hydroxyl groups is 1. The average Bonchev–Trinajstić information content (AvgIpc) is 3.64. The summed E-state index contributed by atoms with van der Waals surface area (Å²) in [7, 11) is 10.6. The molecular formula is C34H64N8O6P4. The van der Waals surface area contributed by atoms with E-state index in [1.807, 2.05) is 39.3 Å². The van der Waals surface area contributed by atoms with Crippen LogP contribution >= 0.6 is 37.6 Å². The lowest BCUT2D eigenvalue weighted by Gasteiger charge is -2.44. The highest BCUT2D eigenvalue weighted by molar-refractivity contribution is 7.13. The Balaban J connectivity index is 0.000000185. The van der Waals surface area contributed by atoms with Gasteiger partial charge in [0.2, 0.25) is 23.6 Å². The molecule has 52 heavy (non-hydrogen) atoms. The Morgan fingerprint density at radius 2 is 1.15 bits per heavy atom. The summed E-state index contributed by atoms with van der Waals surface area (Å²) in [6.07, 6.45) is 5.33. The van der Waals surface area contributed by atoms with Crippen LogP contribution in [-0.2, 0) is 24.0 Å². The lowest BCUT2D eigenvalue weighted by Crippen LogP contribution is -2.60. The van der Waals surface area contributed by atoms with Crippen LogP contribution in [0.3, 0.4) is 0 Å². The summed E-state index contributed by atoms with van der Waals surface area (Å²) in [5.74, 6) is 0.648. The summed E-state index contributed by atoms with van der Waals surface area (Å²) in [5.41, 5.74) is -0.859. The molecule has 8 aliphatic heterocycles. The van der Waals surface area contributed by atoms with Gasteiger partial charge in [-0.15, -0.1) is 0 Å². The molecule has 7 saturated heterocycles. The van der Waals surface area contributed by atoms with Crippen molar-refractivity contribution in [1.82, 2.24) is 38.3 Å². The monoisotopic (exact) mass is 804 g/mol.